The van der Waals surface area contributed by atoms with Crippen LogP contribution in [0.5, 0.6) is 0 Å². The largest absolute Gasteiger partial charge is 0.352 e. The lowest BCUT2D eigenvalue weighted by molar-refractivity contribution is 0.0934. The molecule has 0 unspecified atom stereocenters. The number of hydrogen-bond acceptors (Lipinski definition) is 5. The van der Waals surface area contributed by atoms with E-state index >= 15 is 0 Å². The van der Waals surface area contributed by atoms with E-state index in [-0.39, 0.29) is 23.2 Å². The number of aromatic nitrogens is 2. The van der Waals surface area contributed by atoms with Crippen LogP contribution in [0.3, 0.4) is 0 Å². The fourth-order valence-electron chi connectivity index (χ4n) is 2.60. The molecule has 2 N–H and O–H groups in total. The van der Waals surface area contributed by atoms with Gasteiger partial charge in [-0.3, -0.25) is 9.59 Å². The van der Waals surface area contributed by atoms with Gasteiger partial charge in [-0.2, -0.15) is 5.26 Å². The molecule has 1 aromatic heterocycles. The number of benzene rings is 1. The van der Waals surface area contributed by atoms with E-state index in [1.54, 1.807) is 18.2 Å². The summed E-state index contributed by atoms with van der Waals surface area (Å²) in [6.45, 7) is 1.06. The maximum atomic E-state index is 12.1. The second-order valence-electron chi connectivity index (χ2n) is 6.29. The predicted molar refractivity (Wildman–Crippen MR) is 94.0 cm³/mol. The molecule has 1 fully saturated rings. The average Bonchev–Trinajstić information content (AvgIpc) is 2.65. The van der Waals surface area contributed by atoms with E-state index in [1.807, 2.05) is 12.1 Å². The Bertz CT molecular complexity index is 821. The Morgan fingerprint density at radius 3 is 2.27 bits per heavy atom. The Labute approximate surface area is 151 Å². The summed E-state index contributed by atoms with van der Waals surface area (Å²) in [6, 6.07) is 8.93. The van der Waals surface area contributed by atoms with Crippen LogP contribution in [0.4, 0.5) is 0 Å². The van der Waals surface area contributed by atoms with Gasteiger partial charge in [-0.1, -0.05) is 18.6 Å². The number of nitriles is 1. The van der Waals surface area contributed by atoms with Crippen molar-refractivity contribution in [2.45, 2.75) is 25.8 Å². The van der Waals surface area contributed by atoms with Crippen molar-refractivity contribution < 1.29 is 9.59 Å². The minimum absolute atomic E-state index is 0.0210. The zero-order valence-corrected chi connectivity index (χ0v) is 14.2. The summed E-state index contributed by atoms with van der Waals surface area (Å²) in [5.74, 6) is 0.256. The summed E-state index contributed by atoms with van der Waals surface area (Å²) in [6.07, 6.45) is 6.29. The van der Waals surface area contributed by atoms with E-state index < -0.39 is 0 Å². The molecule has 1 saturated carbocycles. The number of nitrogens with zero attached hydrogens (tertiary/aromatic N) is 3. The number of amides is 2. The summed E-state index contributed by atoms with van der Waals surface area (Å²) in [5.41, 5.74) is 1.78. The minimum Gasteiger partial charge on any atom is -0.352 e. The predicted octanol–water partition coefficient (Wildman–Crippen LogP) is 1.81. The van der Waals surface area contributed by atoms with Gasteiger partial charge in [0.25, 0.3) is 11.8 Å². The van der Waals surface area contributed by atoms with Crippen LogP contribution >= 0.6 is 0 Å². The Morgan fingerprint density at radius 1 is 1.04 bits per heavy atom. The first-order chi connectivity index (χ1) is 12.7. The number of nitrogens with one attached hydrogen (secondary N) is 2. The molecule has 0 radical (unpaired) electrons. The molecular formula is C19H19N5O2. The number of carbonyl (C=O) groups excluding carboxylic acids is 2. The van der Waals surface area contributed by atoms with Gasteiger partial charge in [0.2, 0.25) is 5.82 Å². The molecule has 132 valence electrons. The average molecular weight is 349 g/mol. The zero-order chi connectivity index (χ0) is 18.4. The van der Waals surface area contributed by atoms with E-state index in [1.165, 1.54) is 31.7 Å². The minimum atomic E-state index is -0.322. The first-order valence-electron chi connectivity index (χ1n) is 8.53. The van der Waals surface area contributed by atoms with Crippen LogP contribution in [-0.4, -0.2) is 28.3 Å². The lowest BCUT2D eigenvalue weighted by Gasteiger charge is -2.25. The summed E-state index contributed by atoms with van der Waals surface area (Å²) in [5, 5.41) is 14.4. The van der Waals surface area contributed by atoms with Crippen LogP contribution in [0.1, 0.15) is 51.4 Å². The maximum Gasteiger partial charge on any atom is 0.254 e. The van der Waals surface area contributed by atoms with E-state index in [0.29, 0.717) is 18.0 Å². The first-order valence-corrected chi connectivity index (χ1v) is 8.53. The highest BCUT2D eigenvalue weighted by Gasteiger charge is 2.18. The lowest BCUT2D eigenvalue weighted by Crippen LogP contribution is -2.32. The summed E-state index contributed by atoms with van der Waals surface area (Å²) in [7, 11) is 0. The molecule has 1 aliphatic rings. The van der Waals surface area contributed by atoms with Crippen molar-refractivity contribution in [2.75, 3.05) is 6.54 Å². The topological polar surface area (TPSA) is 108 Å². The van der Waals surface area contributed by atoms with Gasteiger partial charge in [0, 0.05) is 31.0 Å². The lowest BCUT2D eigenvalue weighted by atomic mass is 9.85. The van der Waals surface area contributed by atoms with E-state index in [0.717, 1.165) is 12.1 Å². The summed E-state index contributed by atoms with van der Waals surface area (Å²) in [4.78, 5) is 31.7. The van der Waals surface area contributed by atoms with Crippen molar-refractivity contribution in [2.24, 2.45) is 5.92 Å². The van der Waals surface area contributed by atoms with E-state index in [9.17, 15) is 9.59 Å². The smallest absolute Gasteiger partial charge is 0.254 e. The van der Waals surface area contributed by atoms with Crippen LogP contribution in [0.25, 0.3) is 0 Å². The molecule has 7 nitrogen and oxygen atoms in total. The van der Waals surface area contributed by atoms with Crippen LogP contribution in [0, 0.1) is 17.2 Å². The molecule has 0 saturated heterocycles. The molecule has 2 amide bonds. The molecule has 0 bridgehead atoms. The molecule has 1 heterocycles. The zero-order valence-electron chi connectivity index (χ0n) is 14.2. The molecule has 2 aromatic rings. The molecular weight excluding hydrogens is 330 g/mol. The van der Waals surface area contributed by atoms with Crippen molar-refractivity contribution in [3.8, 4) is 6.07 Å². The summed E-state index contributed by atoms with van der Waals surface area (Å²) < 4.78 is 0. The third kappa shape index (κ3) is 4.42. The van der Waals surface area contributed by atoms with Gasteiger partial charge in [-0.25, -0.2) is 9.97 Å². The normalized spacial score (nSPS) is 13.3. The van der Waals surface area contributed by atoms with Gasteiger partial charge >= 0.3 is 0 Å². The maximum absolute atomic E-state index is 12.1. The molecule has 1 aliphatic carbocycles. The third-order valence-electron chi connectivity index (χ3n) is 4.46. The second-order valence-corrected chi connectivity index (χ2v) is 6.29. The molecule has 26 heavy (non-hydrogen) atoms. The van der Waals surface area contributed by atoms with Gasteiger partial charge < -0.3 is 10.6 Å². The SMILES string of the molecule is N#Cc1ncc(C(=O)NCc2ccc(C(=O)NCC3CCC3)cc2)cn1. The van der Waals surface area contributed by atoms with Gasteiger partial charge in [-0.15, -0.1) is 0 Å². The highest BCUT2D eigenvalue weighted by atomic mass is 16.2. The number of hydrogen-bond donors (Lipinski definition) is 2. The Morgan fingerprint density at radius 2 is 1.69 bits per heavy atom. The third-order valence-corrected chi connectivity index (χ3v) is 4.46. The van der Waals surface area contributed by atoms with Crippen molar-refractivity contribution in [3.63, 3.8) is 0 Å². The highest BCUT2D eigenvalue weighted by Crippen LogP contribution is 2.25. The Balaban J connectivity index is 1.49. The number of carbonyl (C=O) groups is 2. The molecule has 0 aliphatic heterocycles. The standard InChI is InChI=1S/C19H19N5O2/c20-8-17-21-11-16(12-22-17)19(26)24-10-14-4-6-15(7-5-14)18(25)23-9-13-2-1-3-13/h4-7,11-13H,1-3,9-10H2,(H,23,25)(H,24,26). The van der Waals surface area contributed by atoms with E-state index in [2.05, 4.69) is 20.6 Å². The van der Waals surface area contributed by atoms with Crippen molar-refractivity contribution >= 4 is 11.8 Å². The summed E-state index contributed by atoms with van der Waals surface area (Å²) >= 11 is 0. The first kappa shape index (κ1) is 17.5. The quantitative estimate of drug-likeness (QED) is 0.827. The van der Waals surface area contributed by atoms with Crippen LogP contribution < -0.4 is 10.6 Å². The fraction of sp³-hybridized carbons (Fsp3) is 0.316. The second kappa shape index (κ2) is 8.21. The van der Waals surface area contributed by atoms with Gasteiger partial charge in [-0.05, 0) is 36.5 Å². The van der Waals surface area contributed by atoms with Crippen LogP contribution in [-0.2, 0) is 6.54 Å². The van der Waals surface area contributed by atoms with Crippen molar-refractivity contribution in [1.29, 1.82) is 5.26 Å². The fourth-order valence-corrected chi connectivity index (χ4v) is 2.60. The van der Waals surface area contributed by atoms with Crippen LogP contribution in [0.15, 0.2) is 36.7 Å². The molecule has 3 rings (SSSR count). The Kier molecular flexibility index (Phi) is 5.54. The number of rotatable bonds is 6. The Hall–Kier alpha value is -3.27. The van der Waals surface area contributed by atoms with Crippen molar-refractivity contribution in [3.05, 3.63) is 59.2 Å². The molecule has 0 atom stereocenters. The van der Waals surface area contributed by atoms with Gasteiger partial charge in [0.05, 0.1) is 5.56 Å². The monoisotopic (exact) mass is 349 g/mol. The van der Waals surface area contributed by atoms with Gasteiger partial charge in [0.15, 0.2) is 0 Å². The molecule has 0 spiro atoms. The molecule has 1 aromatic carbocycles. The van der Waals surface area contributed by atoms with E-state index in [4.69, 9.17) is 5.26 Å². The van der Waals surface area contributed by atoms with Crippen molar-refractivity contribution in [1.82, 2.24) is 20.6 Å². The van der Waals surface area contributed by atoms with Crippen LogP contribution in [0.2, 0.25) is 0 Å². The highest BCUT2D eigenvalue weighted by molar-refractivity contribution is 5.94. The van der Waals surface area contributed by atoms with Gasteiger partial charge in [0.1, 0.15) is 6.07 Å². The molecule has 7 heteroatoms.